The number of amides is 1. The van der Waals surface area contributed by atoms with Crippen molar-refractivity contribution in [2.75, 3.05) is 45.0 Å². The summed E-state index contributed by atoms with van der Waals surface area (Å²) in [6, 6.07) is 18.7. The molecule has 0 aliphatic carbocycles. The van der Waals surface area contributed by atoms with E-state index < -0.39 is 0 Å². The van der Waals surface area contributed by atoms with E-state index in [9.17, 15) is 4.79 Å². The quantitative estimate of drug-likeness (QED) is 0.560. The monoisotopic (exact) mass is 426 g/mol. The lowest BCUT2D eigenvalue weighted by Crippen LogP contribution is -2.48. The third-order valence-corrected chi connectivity index (χ3v) is 7.24. The molecule has 29 heavy (non-hydrogen) atoms. The van der Waals surface area contributed by atoms with E-state index in [1.165, 1.54) is 22.0 Å². The minimum atomic E-state index is 0.0805. The van der Waals surface area contributed by atoms with Crippen LogP contribution in [0.3, 0.4) is 0 Å². The van der Waals surface area contributed by atoms with Gasteiger partial charge in [-0.05, 0) is 17.7 Å². The van der Waals surface area contributed by atoms with Crippen molar-refractivity contribution in [2.24, 2.45) is 0 Å². The van der Waals surface area contributed by atoms with Gasteiger partial charge < -0.3 is 5.32 Å². The van der Waals surface area contributed by atoms with Crippen LogP contribution in [-0.4, -0.2) is 65.7 Å². The number of hydrogen-bond acceptors (Lipinski definition) is 6. The zero-order chi connectivity index (χ0) is 19.9. The van der Waals surface area contributed by atoms with Gasteiger partial charge in [-0.15, -0.1) is 11.3 Å². The van der Waals surface area contributed by atoms with E-state index in [1.54, 1.807) is 11.3 Å². The van der Waals surface area contributed by atoms with Gasteiger partial charge in [0.05, 0.1) is 16.0 Å². The Bertz CT molecular complexity index is 890. The summed E-state index contributed by atoms with van der Waals surface area (Å²) in [6.45, 7) is 6.92. The van der Waals surface area contributed by atoms with Crippen LogP contribution in [0.4, 0.5) is 0 Å². The Balaban J connectivity index is 1.11. The maximum absolute atomic E-state index is 12.1. The number of carbonyl (C=O) groups is 1. The number of benzene rings is 2. The molecule has 1 N–H and O–H groups in total. The molecule has 3 aromatic rings. The van der Waals surface area contributed by atoms with Crippen molar-refractivity contribution in [3.05, 3.63) is 60.2 Å². The second-order valence-corrected chi connectivity index (χ2v) is 9.44. The number of hydrogen-bond donors (Lipinski definition) is 1. The van der Waals surface area contributed by atoms with Gasteiger partial charge >= 0.3 is 0 Å². The summed E-state index contributed by atoms with van der Waals surface area (Å²) >= 11 is 3.16. The van der Waals surface area contributed by atoms with Gasteiger partial charge in [0.25, 0.3) is 0 Å². The number of aromatic nitrogens is 1. The Morgan fingerprint density at radius 2 is 1.72 bits per heavy atom. The van der Waals surface area contributed by atoms with E-state index in [0.29, 0.717) is 12.3 Å². The van der Waals surface area contributed by atoms with E-state index in [2.05, 4.69) is 56.5 Å². The molecular weight excluding hydrogens is 400 g/mol. The van der Waals surface area contributed by atoms with E-state index >= 15 is 0 Å². The summed E-state index contributed by atoms with van der Waals surface area (Å²) in [5.74, 6) is 0.502. The predicted octanol–water partition coefficient (Wildman–Crippen LogP) is 3.32. The van der Waals surface area contributed by atoms with E-state index in [4.69, 9.17) is 0 Å². The lowest BCUT2D eigenvalue weighted by atomic mass is 10.2. The van der Waals surface area contributed by atoms with Crippen LogP contribution in [0, 0.1) is 0 Å². The molecule has 1 amide bonds. The maximum atomic E-state index is 12.1. The lowest BCUT2D eigenvalue weighted by molar-refractivity contribution is -0.118. The molecule has 1 aromatic heterocycles. The summed E-state index contributed by atoms with van der Waals surface area (Å²) < 4.78 is 2.12. The molecule has 2 heterocycles. The van der Waals surface area contributed by atoms with Gasteiger partial charge in [0.2, 0.25) is 5.91 Å². The number of fused-ring (bicyclic) bond motifs is 1. The first-order valence-corrected chi connectivity index (χ1v) is 11.8. The minimum Gasteiger partial charge on any atom is -0.354 e. The van der Waals surface area contributed by atoms with E-state index in [-0.39, 0.29) is 5.91 Å². The van der Waals surface area contributed by atoms with Crippen molar-refractivity contribution in [3.8, 4) is 0 Å². The number of piperazine rings is 1. The SMILES string of the molecule is O=C(CSc1nc2ccccc2s1)NCCN1CCN(Cc2ccccc2)CC1. The summed E-state index contributed by atoms with van der Waals surface area (Å²) in [4.78, 5) is 21.6. The number of thiazole rings is 1. The van der Waals surface area contributed by atoms with Crippen molar-refractivity contribution >= 4 is 39.2 Å². The Kier molecular flexibility index (Phi) is 7.16. The Morgan fingerprint density at radius 3 is 2.52 bits per heavy atom. The fraction of sp³-hybridized carbons (Fsp3) is 0.364. The number of nitrogens with one attached hydrogen (secondary N) is 1. The third kappa shape index (κ3) is 6.02. The molecule has 152 valence electrons. The van der Waals surface area contributed by atoms with Crippen molar-refractivity contribution < 1.29 is 4.79 Å². The first-order chi connectivity index (χ1) is 14.3. The zero-order valence-corrected chi connectivity index (χ0v) is 18.1. The molecule has 1 aliphatic rings. The number of thioether (sulfide) groups is 1. The molecule has 0 spiro atoms. The molecule has 4 rings (SSSR count). The van der Waals surface area contributed by atoms with Crippen molar-refractivity contribution in [2.45, 2.75) is 10.9 Å². The molecule has 0 unspecified atom stereocenters. The van der Waals surface area contributed by atoms with E-state index in [0.717, 1.165) is 49.1 Å². The summed E-state index contributed by atoms with van der Waals surface area (Å²) in [5.41, 5.74) is 2.38. The molecule has 0 bridgehead atoms. The highest BCUT2D eigenvalue weighted by Crippen LogP contribution is 2.28. The molecule has 1 aliphatic heterocycles. The van der Waals surface area contributed by atoms with Gasteiger partial charge in [-0.25, -0.2) is 4.98 Å². The van der Waals surface area contributed by atoms with Crippen LogP contribution >= 0.6 is 23.1 Å². The van der Waals surface area contributed by atoms with Gasteiger partial charge in [0.15, 0.2) is 4.34 Å². The van der Waals surface area contributed by atoms with Crippen molar-refractivity contribution in [3.63, 3.8) is 0 Å². The van der Waals surface area contributed by atoms with E-state index in [1.807, 2.05) is 18.2 Å². The van der Waals surface area contributed by atoms with Crippen LogP contribution < -0.4 is 5.32 Å². The summed E-state index contributed by atoms with van der Waals surface area (Å²) in [7, 11) is 0. The molecule has 2 aromatic carbocycles. The fourth-order valence-corrected chi connectivity index (χ4v) is 5.36. The normalized spacial score (nSPS) is 15.6. The number of para-hydroxylation sites is 1. The summed E-state index contributed by atoms with van der Waals surface area (Å²) in [6.07, 6.45) is 0. The lowest BCUT2D eigenvalue weighted by Gasteiger charge is -2.34. The van der Waals surface area contributed by atoms with Crippen LogP contribution in [0.1, 0.15) is 5.56 Å². The molecule has 0 saturated carbocycles. The van der Waals surface area contributed by atoms with Crippen LogP contribution in [-0.2, 0) is 11.3 Å². The maximum Gasteiger partial charge on any atom is 0.230 e. The molecule has 0 radical (unpaired) electrons. The molecule has 0 atom stereocenters. The second-order valence-electron chi connectivity index (χ2n) is 7.19. The van der Waals surface area contributed by atoms with Crippen LogP contribution in [0.25, 0.3) is 10.2 Å². The van der Waals surface area contributed by atoms with Gasteiger partial charge in [-0.3, -0.25) is 14.6 Å². The number of rotatable bonds is 8. The average molecular weight is 427 g/mol. The molecule has 1 fully saturated rings. The third-order valence-electron chi connectivity index (χ3n) is 5.07. The highest BCUT2D eigenvalue weighted by atomic mass is 32.2. The van der Waals surface area contributed by atoms with Gasteiger partial charge in [0.1, 0.15) is 0 Å². The molecule has 5 nitrogen and oxygen atoms in total. The zero-order valence-electron chi connectivity index (χ0n) is 16.4. The standard InChI is InChI=1S/C22H26N4OS2/c27-21(17-28-22-24-19-8-4-5-9-20(19)29-22)23-10-11-25-12-14-26(15-13-25)16-18-6-2-1-3-7-18/h1-9H,10-17H2,(H,23,27). The minimum absolute atomic E-state index is 0.0805. The Hall–Kier alpha value is -1.93. The Morgan fingerprint density at radius 1 is 1.00 bits per heavy atom. The van der Waals surface area contributed by atoms with Gasteiger partial charge in [-0.2, -0.15) is 0 Å². The fourth-order valence-electron chi connectivity index (χ4n) is 3.46. The highest BCUT2D eigenvalue weighted by molar-refractivity contribution is 8.01. The molecule has 7 heteroatoms. The van der Waals surface area contributed by atoms with Gasteiger partial charge in [0, 0.05) is 45.8 Å². The van der Waals surface area contributed by atoms with Crippen molar-refractivity contribution in [1.29, 1.82) is 0 Å². The van der Waals surface area contributed by atoms with Crippen LogP contribution in [0.5, 0.6) is 0 Å². The average Bonchev–Trinajstić information content (AvgIpc) is 3.17. The first kappa shape index (κ1) is 20.3. The number of nitrogens with zero attached hydrogens (tertiary/aromatic N) is 3. The summed E-state index contributed by atoms with van der Waals surface area (Å²) in [5, 5.41) is 3.05. The van der Waals surface area contributed by atoms with Crippen LogP contribution in [0.2, 0.25) is 0 Å². The predicted molar refractivity (Wildman–Crippen MR) is 122 cm³/mol. The second kappa shape index (κ2) is 10.2. The topological polar surface area (TPSA) is 48.5 Å². The largest absolute Gasteiger partial charge is 0.354 e. The molecular formula is C22H26N4OS2. The number of carbonyl (C=O) groups excluding carboxylic acids is 1. The Labute approximate surface area is 180 Å². The smallest absolute Gasteiger partial charge is 0.230 e. The van der Waals surface area contributed by atoms with Crippen LogP contribution in [0.15, 0.2) is 58.9 Å². The van der Waals surface area contributed by atoms with Gasteiger partial charge in [-0.1, -0.05) is 54.2 Å². The van der Waals surface area contributed by atoms with Crippen molar-refractivity contribution in [1.82, 2.24) is 20.1 Å². The molecule has 1 saturated heterocycles. The first-order valence-electron chi connectivity index (χ1n) is 10.00. The highest BCUT2D eigenvalue weighted by Gasteiger charge is 2.16.